The maximum Gasteiger partial charge on any atom is 0.220 e. The molecule has 0 radical (unpaired) electrons. The van der Waals surface area contributed by atoms with Crippen molar-refractivity contribution in [1.82, 2.24) is 5.32 Å². The first-order valence-corrected chi connectivity index (χ1v) is 6.95. The molecule has 0 aromatic carbocycles. The predicted octanol–water partition coefficient (Wildman–Crippen LogP) is 3.51. The molecule has 1 atom stereocenters. The largest absolute Gasteiger partial charge is 0.356 e. The van der Waals surface area contributed by atoms with Crippen LogP contribution >= 0.6 is 0 Å². The molecule has 1 N–H and O–H groups in total. The number of hydrogen-bond acceptors (Lipinski definition) is 1. The Hall–Kier alpha value is -0.530. The monoisotopic (exact) mass is 225 g/mol. The van der Waals surface area contributed by atoms with Crippen LogP contribution in [0.3, 0.4) is 0 Å². The summed E-state index contributed by atoms with van der Waals surface area (Å²) in [4.78, 5) is 11.2. The Bertz CT molecular complexity index is 201. The normalized spacial score (nSPS) is 21.9. The zero-order valence-electron chi connectivity index (χ0n) is 10.9. The van der Waals surface area contributed by atoms with Crippen LogP contribution in [0.15, 0.2) is 0 Å². The van der Waals surface area contributed by atoms with Gasteiger partial charge in [0, 0.05) is 13.0 Å². The number of hydrogen-bond donors (Lipinski definition) is 1. The van der Waals surface area contributed by atoms with Crippen LogP contribution in [0.4, 0.5) is 0 Å². The molecule has 1 heterocycles. The van der Waals surface area contributed by atoms with E-state index in [4.69, 9.17) is 0 Å². The smallest absolute Gasteiger partial charge is 0.220 e. The Balaban J connectivity index is 2.01. The first-order chi connectivity index (χ1) is 7.68. The minimum absolute atomic E-state index is 0.252. The fourth-order valence-corrected chi connectivity index (χ4v) is 2.43. The van der Waals surface area contributed by atoms with E-state index >= 15 is 0 Å². The highest BCUT2D eigenvalue weighted by molar-refractivity contribution is 5.76. The Morgan fingerprint density at radius 2 is 2.06 bits per heavy atom. The van der Waals surface area contributed by atoms with Gasteiger partial charge >= 0.3 is 0 Å². The summed E-state index contributed by atoms with van der Waals surface area (Å²) >= 11 is 0. The van der Waals surface area contributed by atoms with Gasteiger partial charge in [0.05, 0.1) is 0 Å². The van der Waals surface area contributed by atoms with Crippen molar-refractivity contribution >= 4 is 5.91 Å². The molecule has 1 aliphatic heterocycles. The quantitative estimate of drug-likeness (QED) is 0.689. The van der Waals surface area contributed by atoms with Crippen molar-refractivity contribution in [2.24, 2.45) is 11.8 Å². The lowest BCUT2D eigenvalue weighted by Gasteiger charge is -2.12. The summed E-state index contributed by atoms with van der Waals surface area (Å²) in [5, 5.41) is 2.95. The van der Waals surface area contributed by atoms with Crippen LogP contribution in [0.25, 0.3) is 0 Å². The molecule has 0 saturated carbocycles. The molecular formula is C14H27NO. The molecule has 1 fully saturated rings. The van der Waals surface area contributed by atoms with E-state index in [0.29, 0.717) is 0 Å². The number of amides is 1. The third kappa shape index (κ3) is 6.14. The third-order valence-electron chi connectivity index (χ3n) is 3.55. The van der Waals surface area contributed by atoms with E-state index in [9.17, 15) is 4.79 Å². The second-order valence-electron chi connectivity index (χ2n) is 5.58. The topological polar surface area (TPSA) is 29.1 Å². The maximum absolute atomic E-state index is 11.2. The molecule has 0 aromatic rings. The highest BCUT2D eigenvalue weighted by atomic mass is 16.1. The van der Waals surface area contributed by atoms with Gasteiger partial charge in [-0.05, 0) is 24.7 Å². The summed E-state index contributed by atoms with van der Waals surface area (Å²) in [6.45, 7) is 5.49. The van der Waals surface area contributed by atoms with E-state index < -0.39 is 0 Å². The highest BCUT2D eigenvalue weighted by Gasteiger charge is 2.15. The Morgan fingerprint density at radius 1 is 1.25 bits per heavy atom. The standard InChI is InChI=1S/C14H27NO/c1-12(2)6-4-3-5-7-13-8-9-14(16)15-11-10-13/h12-13H,3-11H2,1-2H3,(H,15,16). The molecule has 0 aromatic heterocycles. The van der Waals surface area contributed by atoms with Gasteiger partial charge < -0.3 is 5.32 Å². The zero-order valence-corrected chi connectivity index (χ0v) is 10.9. The minimum Gasteiger partial charge on any atom is -0.356 e. The molecule has 1 aliphatic rings. The number of rotatable bonds is 6. The predicted molar refractivity (Wildman–Crippen MR) is 68.3 cm³/mol. The Morgan fingerprint density at radius 3 is 2.81 bits per heavy atom. The number of carbonyl (C=O) groups excluding carboxylic acids is 1. The van der Waals surface area contributed by atoms with Gasteiger partial charge in [-0.15, -0.1) is 0 Å². The first-order valence-electron chi connectivity index (χ1n) is 6.95. The summed E-state index contributed by atoms with van der Waals surface area (Å²) in [6, 6.07) is 0. The first kappa shape index (κ1) is 13.5. The second kappa shape index (κ2) is 7.70. The molecule has 1 unspecified atom stereocenters. The summed E-state index contributed by atoms with van der Waals surface area (Å²) in [6.07, 6.45) is 9.84. The van der Waals surface area contributed by atoms with Crippen LogP contribution in [0.1, 0.15) is 65.2 Å². The Kier molecular flexibility index (Phi) is 6.51. The molecule has 0 spiro atoms. The van der Waals surface area contributed by atoms with Crippen LogP contribution in [0.2, 0.25) is 0 Å². The van der Waals surface area contributed by atoms with E-state index in [1.165, 1.54) is 38.5 Å². The van der Waals surface area contributed by atoms with Gasteiger partial charge in [-0.3, -0.25) is 4.79 Å². The van der Waals surface area contributed by atoms with Gasteiger partial charge in [0.2, 0.25) is 5.91 Å². The molecule has 0 aliphatic carbocycles. The van der Waals surface area contributed by atoms with E-state index in [-0.39, 0.29) is 5.91 Å². The second-order valence-corrected chi connectivity index (χ2v) is 5.58. The molecule has 2 nitrogen and oxygen atoms in total. The molecule has 1 amide bonds. The van der Waals surface area contributed by atoms with Gasteiger partial charge in [0.15, 0.2) is 0 Å². The lowest BCUT2D eigenvalue weighted by Crippen LogP contribution is -2.21. The van der Waals surface area contributed by atoms with Crippen LogP contribution in [0.5, 0.6) is 0 Å². The van der Waals surface area contributed by atoms with E-state index in [0.717, 1.165) is 31.2 Å². The fraction of sp³-hybridized carbons (Fsp3) is 0.929. The van der Waals surface area contributed by atoms with Crippen molar-refractivity contribution < 1.29 is 4.79 Å². The summed E-state index contributed by atoms with van der Waals surface area (Å²) in [5.74, 6) is 1.89. The van der Waals surface area contributed by atoms with Gasteiger partial charge in [0.1, 0.15) is 0 Å². The number of unbranched alkanes of at least 4 members (excludes halogenated alkanes) is 2. The van der Waals surface area contributed by atoms with Crippen LogP contribution < -0.4 is 5.32 Å². The Labute approximate surface area is 100 Å². The van der Waals surface area contributed by atoms with E-state index in [2.05, 4.69) is 19.2 Å². The molecule has 2 heteroatoms. The van der Waals surface area contributed by atoms with Crippen molar-refractivity contribution in [3.63, 3.8) is 0 Å². The van der Waals surface area contributed by atoms with Gasteiger partial charge in [-0.2, -0.15) is 0 Å². The van der Waals surface area contributed by atoms with Crippen LogP contribution in [0, 0.1) is 11.8 Å². The van der Waals surface area contributed by atoms with E-state index in [1.807, 2.05) is 0 Å². The lowest BCUT2D eigenvalue weighted by molar-refractivity contribution is -0.120. The summed E-state index contributed by atoms with van der Waals surface area (Å²) < 4.78 is 0. The van der Waals surface area contributed by atoms with Gasteiger partial charge in [0.25, 0.3) is 0 Å². The molecule has 16 heavy (non-hydrogen) atoms. The molecule has 94 valence electrons. The van der Waals surface area contributed by atoms with Crippen molar-refractivity contribution in [2.45, 2.75) is 65.2 Å². The van der Waals surface area contributed by atoms with Crippen LogP contribution in [-0.4, -0.2) is 12.5 Å². The average Bonchev–Trinajstić information content (AvgIpc) is 2.43. The summed E-state index contributed by atoms with van der Waals surface area (Å²) in [7, 11) is 0. The summed E-state index contributed by atoms with van der Waals surface area (Å²) in [5.41, 5.74) is 0. The number of nitrogens with one attached hydrogen (secondary N) is 1. The number of carbonyl (C=O) groups is 1. The van der Waals surface area contributed by atoms with Gasteiger partial charge in [-0.1, -0.05) is 46.0 Å². The average molecular weight is 225 g/mol. The van der Waals surface area contributed by atoms with Gasteiger partial charge in [-0.25, -0.2) is 0 Å². The van der Waals surface area contributed by atoms with E-state index in [1.54, 1.807) is 0 Å². The van der Waals surface area contributed by atoms with Crippen molar-refractivity contribution in [2.75, 3.05) is 6.54 Å². The third-order valence-corrected chi connectivity index (χ3v) is 3.55. The van der Waals surface area contributed by atoms with Crippen molar-refractivity contribution in [1.29, 1.82) is 0 Å². The zero-order chi connectivity index (χ0) is 11.8. The van der Waals surface area contributed by atoms with Crippen molar-refractivity contribution in [3.8, 4) is 0 Å². The molecule has 1 rings (SSSR count). The lowest BCUT2D eigenvalue weighted by atomic mass is 9.93. The highest BCUT2D eigenvalue weighted by Crippen LogP contribution is 2.21. The van der Waals surface area contributed by atoms with Crippen LogP contribution in [-0.2, 0) is 4.79 Å². The van der Waals surface area contributed by atoms with Crippen molar-refractivity contribution in [3.05, 3.63) is 0 Å². The molecule has 0 bridgehead atoms. The minimum atomic E-state index is 0.252. The SMILES string of the molecule is CC(C)CCCCCC1CCNC(=O)CC1. The molecular weight excluding hydrogens is 198 g/mol. The maximum atomic E-state index is 11.2. The molecule has 1 saturated heterocycles. The fourth-order valence-electron chi connectivity index (χ4n) is 2.43.